The van der Waals surface area contributed by atoms with Crippen molar-refractivity contribution in [3.63, 3.8) is 0 Å². The maximum Gasteiger partial charge on any atom is 0.0899 e. The van der Waals surface area contributed by atoms with Crippen molar-refractivity contribution in [1.29, 1.82) is 0 Å². The normalized spacial score (nSPS) is 30.8. The van der Waals surface area contributed by atoms with Gasteiger partial charge in [0.25, 0.3) is 0 Å². The molecule has 1 aromatic rings. The molecule has 0 radical (unpaired) electrons. The highest BCUT2D eigenvalue weighted by Crippen LogP contribution is 2.42. The Morgan fingerprint density at radius 2 is 1.80 bits per heavy atom. The first-order chi connectivity index (χ1) is 6.99. The van der Waals surface area contributed by atoms with E-state index in [1.54, 1.807) is 0 Å². The number of rotatable bonds is 1. The third kappa shape index (κ3) is 2.07. The van der Waals surface area contributed by atoms with Gasteiger partial charge in [0.2, 0.25) is 0 Å². The molecule has 15 heavy (non-hydrogen) atoms. The largest absolute Gasteiger partial charge is 0.385 e. The summed E-state index contributed by atoms with van der Waals surface area (Å²) in [4.78, 5) is 0. The maximum absolute atomic E-state index is 10.6. The fourth-order valence-corrected chi connectivity index (χ4v) is 2.77. The van der Waals surface area contributed by atoms with E-state index in [9.17, 15) is 5.11 Å². The zero-order chi connectivity index (χ0) is 11.1. The average Bonchev–Trinajstić information content (AvgIpc) is 2.46. The summed E-state index contributed by atoms with van der Waals surface area (Å²) < 4.78 is 0. The molecular weight excluding hydrogens is 184 g/mol. The monoisotopic (exact) mass is 204 g/mol. The van der Waals surface area contributed by atoms with Crippen molar-refractivity contribution in [1.82, 2.24) is 0 Å². The third-order valence-corrected chi connectivity index (χ3v) is 3.50. The van der Waals surface area contributed by atoms with Crippen molar-refractivity contribution in [3.8, 4) is 0 Å². The summed E-state index contributed by atoms with van der Waals surface area (Å²) in [5, 5.41) is 10.6. The second kappa shape index (κ2) is 3.64. The lowest BCUT2D eigenvalue weighted by Crippen LogP contribution is -2.21. The molecule has 0 spiro atoms. The van der Waals surface area contributed by atoms with Gasteiger partial charge in [0.05, 0.1) is 5.60 Å². The molecule has 2 rings (SSSR count). The van der Waals surface area contributed by atoms with Crippen LogP contribution in [-0.4, -0.2) is 5.11 Å². The van der Waals surface area contributed by atoms with Crippen LogP contribution in [0.5, 0.6) is 0 Å². The molecule has 1 fully saturated rings. The molecule has 1 aliphatic rings. The van der Waals surface area contributed by atoms with Crippen LogP contribution in [0, 0.1) is 19.8 Å². The molecule has 1 aliphatic carbocycles. The summed E-state index contributed by atoms with van der Waals surface area (Å²) in [6, 6.07) is 6.42. The first-order valence-electron chi connectivity index (χ1n) is 5.81. The molecule has 1 saturated carbocycles. The van der Waals surface area contributed by atoms with Crippen LogP contribution in [0.25, 0.3) is 0 Å². The van der Waals surface area contributed by atoms with Crippen molar-refractivity contribution in [3.05, 3.63) is 34.9 Å². The minimum atomic E-state index is -0.559. The highest BCUT2D eigenvalue weighted by Gasteiger charge is 2.36. The van der Waals surface area contributed by atoms with Gasteiger partial charge in [-0.05, 0) is 44.6 Å². The lowest BCUT2D eigenvalue weighted by atomic mass is 9.89. The van der Waals surface area contributed by atoms with Crippen molar-refractivity contribution >= 4 is 0 Å². The Balaban J connectivity index is 2.36. The summed E-state index contributed by atoms with van der Waals surface area (Å²) in [6.07, 6.45) is 2.97. The van der Waals surface area contributed by atoms with Gasteiger partial charge in [0.1, 0.15) is 0 Å². The van der Waals surface area contributed by atoms with Crippen LogP contribution in [0.2, 0.25) is 0 Å². The van der Waals surface area contributed by atoms with Crippen LogP contribution in [0.4, 0.5) is 0 Å². The molecule has 0 bridgehead atoms. The van der Waals surface area contributed by atoms with Crippen molar-refractivity contribution < 1.29 is 5.11 Å². The Hall–Kier alpha value is -0.820. The SMILES string of the molecule is Cc1cc(C)cc(C2(O)CCC(C)C2)c1. The van der Waals surface area contributed by atoms with E-state index in [4.69, 9.17) is 0 Å². The van der Waals surface area contributed by atoms with E-state index in [0.717, 1.165) is 24.8 Å². The van der Waals surface area contributed by atoms with Gasteiger partial charge in [-0.3, -0.25) is 0 Å². The lowest BCUT2D eigenvalue weighted by molar-refractivity contribution is 0.0407. The van der Waals surface area contributed by atoms with Gasteiger partial charge in [-0.2, -0.15) is 0 Å². The van der Waals surface area contributed by atoms with E-state index in [1.165, 1.54) is 11.1 Å². The van der Waals surface area contributed by atoms with E-state index in [1.807, 2.05) is 0 Å². The highest BCUT2D eigenvalue weighted by molar-refractivity contribution is 5.33. The van der Waals surface area contributed by atoms with Crippen LogP contribution in [0.1, 0.15) is 42.9 Å². The zero-order valence-electron chi connectivity index (χ0n) is 9.88. The van der Waals surface area contributed by atoms with Crippen molar-refractivity contribution in [2.45, 2.75) is 45.6 Å². The van der Waals surface area contributed by atoms with Crippen molar-refractivity contribution in [2.75, 3.05) is 0 Å². The Morgan fingerprint density at radius 1 is 1.20 bits per heavy atom. The molecule has 82 valence electrons. The van der Waals surface area contributed by atoms with Crippen LogP contribution in [-0.2, 0) is 5.60 Å². The van der Waals surface area contributed by atoms with Crippen LogP contribution in [0.3, 0.4) is 0 Å². The summed E-state index contributed by atoms with van der Waals surface area (Å²) in [5.41, 5.74) is 3.05. The van der Waals surface area contributed by atoms with Gasteiger partial charge >= 0.3 is 0 Å². The Labute approximate surface area is 92.1 Å². The van der Waals surface area contributed by atoms with Crippen LogP contribution in [0.15, 0.2) is 18.2 Å². The predicted octanol–water partition coefficient (Wildman–Crippen LogP) is 3.31. The van der Waals surface area contributed by atoms with E-state index in [-0.39, 0.29) is 0 Å². The number of hydrogen-bond donors (Lipinski definition) is 1. The number of hydrogen-bond acceptors (Lipinski definition) is 1. The van der Waals surface area contributed by atoms with Gasteiger partial charge in [0, 0.05) is 0 Å². The predicted molar refractivity (Wildman–Crippen MR) is 62.8 cm³/mol. The molecule has 0 aliphatic heterocycles. The number of aryl methyl sites for hydroxylation is 2. The number of aliphatic hydroxyl groups is 1. The van der Waals surface area contributed by atoms with Crippen LogP contribution >= 0.6 is 0 Å². The van der Waals surface area contributed by atoms with E-state index in [0.29, 0.717) is 5.92 Å². The molecule has 0 amide bonds. The van der Waals surface area contributed by atoms with Crippen LogP contribution < -0.4 is 0 Å². The molecule has 2 unspecified atom stereocenters. The molecule has 2 atom stereocenters. The van der Waals surface area contributed by atoms with E-state index in [2.05, 4.69) is 39.0 Å². The Kier molecular flexibility index (Phi) is 2.59. The summed E-state index contributed by atoms with van der Waals surface area (Å²) in [5.74, 6) is 0.649. The second-order valence-electron chi connectivity index (χ2n) is 5.26. The maximum atomic E-state index is 10.6. The minimum absolute atomic E-state index is 0.559. The lowest BCUT2D eigenvalue weighted by Gasteiger charge is -2.24. The first-order valence-corrected chi connectivity index (χ1v) is 5.81. The molecule has 1 N–H and O–H groups in total. The van der Waals surface area contributed by atoms with Gasteiger partial charge in [-0.15, -0.1) is 0 Å². The molecule has 1 aromatic carbocycles. The molecule has 1 heteroatoms. The smallest absolute Gasteiger partial charge is 0.0899 e. The number of benzene rings is 1. The summed E-state index contributed by atoms with van der Waals surface area (Å²) >= 11 is 0. The molecular formula is C14H20O. The standard InChI is InChI=1S/C14H20O/c1-10-4-5-14(15,9-10)13-7-11(2)6-12(3)8-13/h6-8,10,15H,4-5,9H2,1-3H3. The highest BCUT2D eigenvalue weighted by atomic mass is 16.3. The molecule has 0 saturated heterocycles. The third-order valence-electron chi connectivity index (χ3n) is 3.50. The molecule has 0 heterocycles. The van der Waals surface area contributed by atoms with E-state index < -0.39 is 5.60 Å². The minimum Gasteiger partial charge on any atom is -0.385 e. The molecule has 0 aromatic heterocycles. The Bertz CT molecular complexity index is 349. The fourth-order valence-electron chi connectivity index (χ4n) is 2.77. The summed E-state index contributed by atoms with van der Waals surface area (Å²) in [7, 11) is 0. The van der Waals surface area contributed by atoms with E-state index >= 15 is 0 Å². The van der Waals surface area contributed by atoms with Gasteiger partial charge in [-0.25, -0.2) is 0 Å². The first kappa shape index (κ1) is 10.7. The Morgan fingerprint density at radius 3 is 2.27 bits per heavy atom. The molecule has 1 nitrogen and oxygen atoms in total. The van der Waals surface area contributed by atoms with Crippen molar-refractivity contribution in [2.24, 2.45) is 5.92 Å². The van der Waals surface area contributed by atoms with Gasteiger partial charge in [0.15, 0.2) is 0 Å². The quantitative estimate of drug-likeness (QED) is 0.744. The van der Waals surface area contributed by atoms with Gasteiger partial charge < -0.3 is 5.11 Å². The summed E-state index contributed by atoms with van der Waals surface area (Å²) in [6.45, 7) is 6.41. The fraction of sp³-hybridized carbons (Fsp3) is 0.571. The van der Waals surface area contributed by atoms with Gasteiger partial charge in [-0.1, -0.05) is 36.2 Å². The topological polar surface area (TPSA) is 20.2 Å². The average molecular weight is 204 g/mol. The zero-order valence-corrected chi connectivity index (χ0v) is 9.88. The second-order valence-corrected chi connectivity index (χ2v) is 5.26.